The summed E-state index contributed by atoms with van der Waals surface area (Å²) in [5.74, 6) is 0.133. The SMILES string of the molecule is CC(O)C1CCN(C(=O)C2(C(N)=NO)CCCC2)C1. The Bertz CT molecular complexity index is 375. The monoisotopic (exact) mass is 269 g/mol. The molecule has 1 amide bonds. The number of aliphatic hydroxyl groups is 1. The Morgan fingerprint density at radius 3 is 2.58 bits per heavy atom. The fraction of sp³-hybridized carbons (Fsp3) is 0.846. The molecular formula is C13H23N3O3. The standard InChI is InChI=1S/C13H23N3O3/c1-9(17)10-4-7-16(8-10)12(18)13(11(14)15-19)5-2-3-6-13/h9-10,17,19H,2-8H2,1H3,(H2,14,15). The van der Waals surface area contributed by atoms with Gasteiger partial charge in [0.15, 0.2) is 5.84 Å². The predicted octanol–water partition coefficient (Wildman–Crippen LogP) is 0.522. The van der Waals surface area contributed by atoms with Crippen molar-refractivity contribution in [1.82, 2.24) is 4.90 Å². The number of carbonyl (C=O) groups excluding carboxylic acids is 1. The van der Waals surface area contributed by atoms with Crippen molar-refractivity contribution in [2.75, 3.05) is 13.1 Å². The largest absolute Gasteiger partial charge is 0.409 e. The van der Waals surface area contributed by atoms with Crippen LogP contribution in [0.1, 0.15) is 39.0 Å². The molecule has 1 saturated heterocycles. The molecule has 0 bridgehead atoms. The van der Waals surface area contributed by atoms with E-state index in [9.17, 15) is 9.90 Å². The maximum absolute atomic E-state index is 12.7. The lowest BCUT2D eigenvalue weighted by Gasteiger charge is -2.31. The fourth-order valence-electron chi connectivity index (χ4n) is 3.32. The molecule has 108 valence electrons. The van der Waals surface area contributed by atoms with E-state index in [-0.39, 0.29) is 17.7 Å². The molecule has 2 unspecified atom stereocenters. The van der Waals surface area contributed by atoms with Crippen LogP contribution in [0.2, 0.25) is 0 Å². The van der Waals surface area contributed by atoms with Crippen molar-refractivity contribution in [2.45, 2.75) is 45.1 Å². The molecule has 1 heterocycles. The van der Waals surface area contributed by atoms with Crippen molar-refractivity contribution in [3.8, 4) is 0 Å². The molecular weight excluding hydrogens is 246 g/mol. The molecule has 2 aliphatic rings. The summed E-state index contributed by atoms with van der Waals surface area (Å²) in [7, 11) is 0. The van der Waals surface area contributed by atoms with E-state index in [1.165, 1.54) is 0 Å². The first-order valence-corrected chi connectivity index (χ1v) is 6.96. The Morgan fingerprint density at radius 2 is 2.11 bits per heavy atom. The minimum atomic E-state index is -0.817. The van der Waals surface area contributed by atoms with E-state index in [4.69, 9.17) is 10.9 Å². The van der Waals surface area contributed by atoms with Gasteiger partial charge in [0.2, 0.25) is 5.91 Å². The molecule has 1 aliphatic heterocycles. The van der Waals surface area contributed by atoms with Crippen LogP contribution in [-0.2, 0) is 4.79 Å². The molecule has 1 saturated carbocycles. The van der Waals surface area contributed by atoms with Crippen LogP contribution in [0.5, 0.6) is 0 Å². The molecule has 2 atom stereocenters. The van der Waals surface area contributed by atoms with E-state index >= 15 is 0 Å². The second-order valence-electron chi connectivity index (χ2n) is 5.81. The lowest BCUT2D eigenvalue weighted by molar-refractivity contribution is -0.137. The van der Waals surface area contributed by atoms with Crippen LogP contribution in [0.15, 0.2) is 5.16 Å². The Morgan fingerprint density at radius 1 is 1.47 bits per heavy atom. The number of nitrogens with zero attached hydrogens (tertiary/aromatic N) is 2. The van der Waals surface area contributed by atoms with Crippen LogP contribution in [-0.4, -0.2) is 46.1 Å². The van der Waals surface area contributed by atoms with E-state index in [0.717, 1.165) is 19.3 Å². The quantitative estimate of drug-likeness (QED) is 0.301. The van der Waals surface area contributed by atoms with E-state index < -0.39 is 11.5 Å². The first-order valence-electron chi connectivity index (χ1n) is 6.96. The molecule has 19 heavy (non-hydrogen) atoms. The van der Waals surface area contributed by atoms with Gasteiger partial charge in [-0.3, -0.25) is 4.79 Å². The molecule has 0 spiro atoms. The number of amides is 1. The number of amidine groups is 1. The summed E-state index contributed by atoms with van der Waals surface area (Å²) in [5.41, 5.74) is 4.96. The zero-order chi connectivity index (χ0) is 14.0. The molecule has 2 rings (SSSR count). The van der Waals surface area contributed by atoms with Crippen LogP contribution >= 0.6 is 0 Å². The van der Waals surface area contributed by atoms with Gasteiger partial charge in [-0.05, 0) is 26.2 Å². The average molecular weight is 269 g/mol. The van der Waals surface area contributed by atoms with Gasteiger partial charge in [-0.15, -0.1) is 0 Å². The summed E-state index contributed by atoms with van der Waals surface area (Å²) in [6, 6.07) is 0. The van der Waals surface area contributed by atoms with Crippen molar-refractivity contribution in [3.63, 3.8) is 0 Å². The van der Waals surface area contributed by atoms with Gasteiger partial charge in [-0.2, -0.15) is 0 Å². The van der Waals surface area contributed by atoms with E-state index in [1.807, 2.05) is 0 Å². The molecule has 0 aromatic heterocycles. The number of carbonyl (C=O) groups is 1. The fourth-order valence-corrected chi connectivity index (χ4v) is 3.32. The van der Waals surface area contributed by atoms with Crippen LogP contribution in [0.3, 0.4) is 0 Å². The summed E-state index contributed by atoms with van der Waals surface area (Å²) < 4.78 is 0. The molecule has 0 aromatic rings. The van der Waals surface area contributed by atoms with Gasteiger partial charge in [0.05, 0.1) is 6.10 Å². The number of likely N-dealkylation sites (tertiary alicyclic amines) is 1. The van der Waals surface area contributed by atoms with E-state index in [1.54, 1.807) is 11.8 Å². The number of nitrogens with two attached hydrogens (primary N) is 1. The number of aliphatic hydroxyl groups excluding tert-OH is 1. The third kappa shape index (κ3) is 2.41. The zero-order valence-corrected chi connectivity index (χ0v) is 11.4. The van der Waals surface area contributed by atoms with Crippen molar-refractivity contribution in [1.29, 1.82) is 0 Å². The van der Waals surface area contributed by atoms with Crippen molar-refractivity contribution >= 4 is 11.7 Å². The average Bonchev–Trinajstić information content (AvgIpc) is 3.06. The van der Waals surface area contributed by atoms with E-state index in [0.29, 0.717) is 25.9 Å². The van der Waals surface area contributed by atoms with E-state index in [2.05, 4.69) is 5.16 Å². The number of rotatable bonds is 3. The molecule has 6 nitrogen and oxygen atoms in total. The van der Waals surface area contributed by atoms with Crippen molar-refractivity contribution in [2.24, 2.45) is 22.2 Å². The Balaban J connectivity index is 2.14. The first-order chi connectivity index (χ1) is 9.01. The van der Waals surface area contributed by atoms with Crippen LogP contribution in [0.4, 0.5) is 0 Å². The van der Waals surface area contributed by atoms with Gasteiger partial charge in [-0.25, -0.2) is 0 Å². The summed E-state index contributed by atoms with van der Waals surface area (Å²) in [5, 5.41) is 21.6. The minimum Gasteiger partial charge on any atom is -0.409 e. The third-order valence-electron chi connectivity index (χ3n) is 4.66. The Kier molecular flexibility index (Phi) is 3.99. The first kappa shape index (κ1) is 14.1. The lowest BCUT2D eigenvalue weighted by Crippen LogP contribution is -2.49. The van der Waals surface area contributed by atoms with Crippen LogP contribution in [0, 0.1) is 11.3 Å². The number of hydrogen-bond acceptors (Lipinski definition) is 4. The summed E-state index contributed by atoms with van der Waals surface area (Å²) in [6.45, 7) is 2.97. The van der Waals surface area contributed by atoms with Gasteiger partial charge in [0.25, 0.3) is 0 Å². The van der Waals surface area contributed by atoms with Gasteiger partial charge in [0, 0.05) is 19.0 Å². The molecule has 4 N–H and O–H groups in total. The highest BCUT2D eigenvalue weighted by Gasteiger charge is 2.48. The number of hydrogen-bond donors (Lipinski definition) is 3. The smallest absolute Gasteiger partial charge is 0.236 e. The van der Waals surface area contributed by atoms with Crippen LogP contribution < -0.4 is 5.73 Å². The lowest BCUT2D eigenvalue weighted by atomic mass is 9.83. The topological polar surface area (TPSA) is 99.2 Å². The minimum absolute atomic E-state index is 0.0375. The van der Waals surface area contributed by atoms with Gasteiger partial charge in [-0.1, -0.05) is 18.0 Å². The molecule has 0 aromatic carbocycles. The van der Waals surface area contributed by atoms with Crippen molar-refractivity contribution in [3.05, 3.63) is 0 Å². The van der Waals surface area contributed by atoms with Gasteiger partial charge in [0.1, 0.15) is 5.41 Å². The zero-order valence-electron chi connectivity index (χ0n) is 11.4. The summed E-state index contributed by atoms with van der Waals surface area (Å²) in [6.07, 6.45) is 3.57. The highest BCUT2D eigenvalue weighted by atomic mass is 16.4. The highest BCUT2D eigenvalue weighted by molar-refractivity contribution is 6.07. The normalized spacial score (nSPS) is 28.6. The molecule has 0 radical (unpaired) electrons. The van der Waals surface area contributed by atoms with Gasteiger partial charge >= 0.3 is 0 Å². The van der Waals surface area contributed by atoms with Crippen molar-refractivity contribution < 1.29 is 15.1 Å². The molecule has 1 aliphatic carbocycles. The molecule has 2 fully saturated rings. The second-order valence-corrected chi connectivity index (χ2v) is 5.81. The second kappa shape index (κ2) is 5.36. The maximum atomic E-state index is 12.7. The Hall–Kier alpha value is -1.30. The maximum Gasteiger partial charge on any atom is 0.236 e. The summed E-state index contributed by atoms with van der Waals surface area (Å²) >= 11 is 0. The Labute approximate surface area is 113 Å². The summed E-state index contributed by atoms with van der Waals surface area (Å²) in [4.78, 5) is 14.5. The highest BCUT2D eigenvalue weighted by Crippen LogP contribution is 2.41. The van der Waals surface area contributed by atoms with Crippen LogP contribution in [0.25, 0.3) is 0 Å². The third-order valence-corrected chi connectivity index (χ3v) is 4.66. The van der Waals surface area contributed by atoms with Gasteiger partial charge < -0.3 is 20.9 Å². The predicted molar refractivity (Wildman–Crippen MR) is 70.7 cm³/mol. The number of oxime groups is 1. The molecule has 6 heteroatoms.